The monoisotopic (exact) mass is 392 g/mol. The van der Waals surface area contributed by atoms with E-state index in [2.05, 4.69) is 20.3 Å². The topological polar surface area (TPSA) is 97.0 Å². The minimum Gasteiger partial charge on any atom is -0.469 e. The number of aryl methyl sites for hydroxylation is 1. The summed E-state index contributed by atoms with van der Waals surface area (Å²) in [5.74, 6) is 0.426. The lowest BCUT2D eigenvalue weighted by molar-refractivity contribution is -0.146. The van der Waals surface area contributed by atoms with E-state index in [0.717, 1.165) is 31.2 Å². The summed E-state index contributed by atoms with van der Waals surface area (Å²) in [5.41, 5.74) is 2.78. The molecule has 7 heteroatoms. The zero-order valence-corrected chi connectivity index (χ0v) is 16.6. The molecule has 0 amide bonds. The van der Waals surface area contributed by atoms with Crippen LogP contribution in [0.25, 0.3) is 11.0 Å². The lowest BCUT2D eigenvalue weighted by Gasteiger charge is -2.28. The van der Waals surface area contributed by atoms with Crippen LogP contribution in [-0.4, -0.2) is 39.9 Å². The fourth-order valence-electron chi connectivity index (χ4n) is 4.06. The summed E-state index contributed by atoms with van der Waals surface area (Å²) < 4.78 is 4.86. The molecule has 0 saturated heterocycles. The smallest absolute Gasteiger partial charge is 0.308 e. The number of carbonyl (C=O) groups excluding carboxylic acids is 2. The van der Waals surface area contributed by atoms with Gasteiger partial charge in [0.05, 0.1) is 24.0 Å². The summed E-state index contributed by atoms with van der Waals surface area (Å²) in [5, 5.41) is 4.18. The van der Waals surface area contributed by atoms with Gasteiger partial charge in [0.25, 0.3) is 0 Å². The van der Waals surface area contributed by atoms with Crippen molar-refractivity contribution >= 4 is 28.6 Å². The van der Waals surface area contributed by atoms with Crippen LogP contribution < -0.4 is 5.32 Å². The zero-order valence-electron chi connectivity index (χ0n) is 16.6. The Balaban J connectivity index is 1.60. The van der Waals surface area contributed by atoms with Crippen LogP contribution in [0.15, 0.2) is 36.8 Å². The zero-order chi connectivity index (χ0) is 20.4. The average Bonchev–Trinajstić information content (AvgIpc) is 3.19. The van der Waals surface area contributed by atoms with E-state index in [-0.39, 0.29) is 23.7 Å². The summed E-state index contributed by atoms with van der Waals surface area (Å²) in [4.78, 5) is 36.7. The predicted octanol–water partition coefficient (Wildman–Crippen LogP) is 3.64. The summed E-state index contributed by atoms with van der Waals surface area (Å²) in [6.45, 7) is 1.93. The van der Waals surface area contributed by atoms with Crippen molar-refractivity contribution in [2.24, 2.45) is 5.92 Å². The Kier molecular flexibility index (Phi) is 5.29. The number of anilines is 1. The molecule has 150 valence electrons. The van der Waals surface area contributed by atoms with E-state index in [0.29, 0.717) is 28.0 Å². The molecule has 4 rings (SSSR count). The SMILES string of the molecule is COC(=O)C1CCC(Nc2ncnc3[nH]cc(C(=O)c4ccccc4C)c23)CC1. The fraction of sp³-hybridized carbons (Fsp3) is 0.364. The lowest BCUT2D eigenvalue weighted by atomic mass is 9.86. The van der Waals surface area contributed by atoms with E-state index >= 15 is 0 Å². The van der Waals surface area contributed by atoms with Crippen molar-refractivity contribution in [3.63, 3.8) is 0 Å². The van der Waals surface area contributed by atoms with Crippen LogP contribution >= 0.6 is 0 Å². The molecule has 3 aromatic rings. The van der Waals surface area contributed by atoms with Crippen LogP contribution in [-0.2, 0) is 9.53 Å². The number of hydrogen-bond donors (Lipinski definition) is 2. The molecule has 1 aromatic carbocycles. The highest BCUT2D eigenvalue weighted by molar-refractivity contribution is 6.18. The van der Waals surface area contributed by atoms with Gasteiger partial charge >= 0.3 is 5.97 Å². The number of fused-ring (bicyclic) bond motifs is 1. The van der Waals surface area contributed by atoms with Crippen LogP contribution in [0.1, 0.15) is 47.2 Å². The molecule has 0 bridgehead atoms. The Hall–Kier alpha value is -3.22. The molecule has 1 saturated carbocycles. The molecule has 0 unspecified atom stereocenters. The Morgan fingerprint density at radius 3 is 2.59 bits per heavy atom. The summed E-state index contributed by atoms with van der Waals surface area (Å²) >= 11 is 0. The van der Waals surface area contributed by atoms with Gasteiger partial charge < -0.3 is 15.0 Å². The molecule has 29 heavy (non-hydrogen) atoms. The van der Waals surface area contributed by atoms with Crippen molar-refractivity contribution in [2.75, 3.05) is 12.4 Å². The number of hydrogen-bond acceptors (Lipinski definition) is 6. The first-order valence-electron chi connectivity index (χ1n) is 9.85. The number of nitrogens with one attached hydrogen (secondary N) is 2. The van der Waals surface area contributed by atoms with E-state index in [1.807, 2.05) is 31.2 Å². The van der Waals surface area contributed by atoms with Gasteiger partial charge in [-0.25, -0.2) is 9.97 Å². The lowest BCUT2D eigenvalue weighted by Crippen LogP contribution is -2.30. The van der Waals surface area contributed by atoms with E-state index in [1.165, 1.54) is 13.4 Å². The Bertz CT molecular complexity index is 1050. The molecule has 2 aromatic heterocycles. The highest BCUT2D eigenvalue weighted by Crippen LogP contribution is 2.31. The first kappa shape index (κ1) is 19.1. The standard InChI is InChI=1S/C22H24N4O3/c1-13-5-3-4-6-16(13)19(27)17-11-23-20-18(17)21(25-12-24-20)26-15-9-7-14(8-10-15)22(28)29-2/h3-6,11-12,14-15H,7-10H2,1-2H3,(H2,23,24,25,26). The first-order valence-corrected chi connectivity index (χ1v) is 9.85. The maximum Gasteiger partial charge on any atom is 0.308 e. The number of esters is 1. The number of H-pyrrole nitrogens is 1. The molecule has 0 spiro atoms. The van der Waals surface area contributed by atoms with Crippen molar-refractivity contribution in [2.45, 2.75) is 38.6 Å². The minimum atomic E-state index is -0.135. The van der Waals surface area contributed by atoms with Gasteiger partial charge in [-0.15, -0.1) is 0 Å². The van der Waals surface area contributed by atoms with Gasteiger partial charge in [0.2, 0.25) is 0 Å². The van der Waals surface area contributed by atoms with Gasteiger partial charge in [0.15, 0.2) is 5.78 Å². The molecule has 7 nitrogen and oxygen atoms in total. The average molecular weight is 392 g/mol. The van der Waals surface area contributed by atoms with Gasteiger partial charge in [-0.3, -0.25) is 9.59 Å². The number of aromatic amines is 1. The molecular weight excluding hydrogens is 368 g/mol. The van der Waals surface area contributed by atoms with Gasteiger partial charge in [0.1, 0.15) is 17.8 Å². The van der Waals surface area contributed by atoms with Gasteiger partial charge in [-0.2, -0.15) is 0 Å². The van der Waals surface area contributed by atoms with E-state index in [4.69, 9.17) is 4.74 Å². The molecular formula is C22H24N4O3. The van der Waals surface area contributed by atoms with Crippen LogP contribution in [0.3, 0.4) is 0 Å². The second-order valence-corrected chi connectivity index (χ2v) is 7.51. The van der Waals surface area contributed by atoms with Crippen LogP contribution in [0, 0.1) is 12.8 Å². The molecule has 1 aliphatic carbocycles. The normalized spacial score (nSPS) is 19.1. The van der Waals surface area contributed by atoms with Gasteiger partial charge in [-0.05, 0) is 38.2 Å². The number of methoxy groups -OCH3 is 1. The van der Waals surface area contributed by atoms with Crippen molar-refractivity contribution in [1.29, 1.82) is 0 Å². The van der Waals surface area contributed by atoms with E-state index in [1.54, 1.807) is 6.20 Å². The predicted molar refractivity (Wildman–Crippen MR) is 110 cm³/mol. The van der Waals surface area contributed by atoms with Crippen molar-refractivity contribution in [1.82, 2.24) is 15.0 Å². The van der Waals surface area contributed by atoms with Crippen molar-refractivity contribution < 1.29 is 14.3 Å². The molecule has 2 N–H and O–H groups in total. The van der Waals surface area contributed by atoms with Crippen LogP contribution in [0.4, 0.5) is 5.82 Å². The van der Waals surface area contributed by atoms with E-state index in [9.17, 15) is 9.59 Å². The van der Waals surface area contributed by atoms with Gasteiger partial charge in [0, 0.05) is 17.8 Å². The maximum atomic E-state index is 13.2. The molecule has 0 aliphatic heterocycles. The molecule has 1 aliphatic rings. The third kappa shape index (κ3) is 3.72. The largest absolute Gasteiger partial charge is 0.469 e. The number of aromatic nitrogens is 3. The Morgan fingerprint density at radius 2 is 1.86 bits per heavy atom. The first-order chi connectivity index (χ1) is 14.1. The Labute approximate surface area is 168 Å². The molecule has 0 atom stereocenters. The van der Waals surface area contributed by atoms with Crippen LogP contribution in [0.2, 0.25) is 0 Å². The number of ether oxygens (including phenoxy) is 1. The number of ketones is 1. The molecule has 1 fully saturated rings. The van der Waals surface area contributed by atoms with Crippen LogP contribution in [0.5, 0.6) is 0 Å². The Morgan fingerprint density at radius 1 is 1.10 bits per heavy atom. The third-order valence-corrected chi connectivity index (χ3v) is 5.71. The number of rotatable bonds is 5. The number of nitrogens with zero attached hydrogens (tertiary/aromatic N) is 2. The fourth-order valence-corrected chi connectivity index (χ4v) is 4.06. The highest BCUT2D eigenvalue weighted by atomic mass is 16.5. The van der Waals surface area contributed by atoms with Crippen molar-refractivity contribution in [3.05, 3.63) is 53.5 Å². The summed E-state index contributed by atoms with van der Waals surface area (Å²) in [7, 11) is 1.43. The van der Waals surface area contributed by atoms with Crippen molar-refractivity contribution in [3.8, 4) is 0 Å². The molecule has 2 heterocycles. The number of benzene rings is 1. The summed E-state index contributed by atoms with van der Waals surface area (Å²) in [6.07, 6.45) is 6.44. The second-order valence-electron chi connectivity index (χ2n) is 7.51. The second kappa shape index (κ2) is 8.03. The maximum absolute atomic E-state index is 13.2. The van der Waals surface area contributed by atoms with Gasteiger partial charge in [-0.1, -0.05) is 24.3 Å². The quantitative estimate of drug-likeness (QED) is 0.508. The molecule has 0 radical (unpaired) electrons. The summed E-state index contributed by atoms with van der Waals surface area (Å²) in [6, 6.07) is 7.73. The van der Waals surface area contributed by atoms with E-state index < -0.39 is 0 Å². The third-order valence-electron chi connectivity index (χ3n) is 5.71. The minimum absolute atomic E-state index is 0.0334. The highest BCUT2D eigenvalue weighted by Gasteiger charge is 2.28. The number of carbonyl (C=O) groups is 2.